The molecule has 0 unspecified atom stereocenters. The molecule has 164 valence electrons. The molecule has 1 heterocycles. The number of rotatable bonds is 8. The summed E-state index contributed by atoms with van der Waals surface area (Å²) in [4.78, 5) is 16.6. The van der Waals surface area contributed by atoms with Crippen molar-refractivity contribution in [3.63, 3.8) is 0 Å². The summed E-state index contributed by atoms with van der Waals surface area (Å²) in [6, 6.07) is 12.9. The number of aromatic nitrogens is 1. The molecule has 0 amide bonds. The molecule has 6 nitrogen and oxygen atoms in total. The second kappa shape index (κ2) is 9.60. The van der Waals surface area contributed by atoms with E-state index < -0.39 is 12.3 Å². The average molecular weight is 442 g/mol. The maximum absolute atomic E-state index is 11.1. The molecule has 7 heteroatoms. The molecule has 1 N–H and O–H groups in total. The number of ether oxygens (including phenoxy) is 3. The highest BCUT2D eigenvalue weighted by atomic mass is 32.1. The van der Waals surface area contributed by atoms with Gasteiger partial charge in [-0.3, -0.25) is 0 Å². The third-order valence-corrected chi connectivity index (χ3v) is 5.95. The lowest BCUT2D eigenvalue weighted by atomic mass is 9.85. The Morgan fingerprint density at radius 3 is 2.29 bits per heavy atom. The molecule has 0 fully saturated rings. The van der Waals surface area contributed by atoms with Crippen molar-refractivity contribution in [2.24, 2.45) is 0 Å². The molecule has 0 saturated carbocycles. The zero-order valence-electron chi connectivity index (χ0n) is 18.3. The van der Waals surface area contributed by atoms with Crippen molar-refractivity contribution in [1.82, 2.24) is 4.98 Å². The first-order valence-electron chi connectivity index (χ1n) is 9.85. The number of benzene rings is 2. The zero-order valence-corrected chi connectivity index (χ0v) is 19.2. The van der Waals surface area contributed by atoms with Crippen molar-refractivity contribution in [3.05, 3.63) is 59.8 Å². The van der Waals surface area contributed by atoms with Crippen LogP contribution in [0.4, 0.5) is 0 Å². The van der Waals surface area contributed by atoms with Gasteiger partial charge in [-0.2, -0.15) is 0 Å². The molecule has 31 heavy (non-hydrogen) atoms. The molecule has 0 bridgehead atoms. The molecule has 3 aromatic rings. The lowest BCUT2D eigenvalue weighted by Crippen LogP contribution is -2.23. The normalized spacial score (nSPS) is 11.7. The summed E-state index contributed by atoms with van der Waals surface area (Å²) >= 11 is 1.56. The van der Waals surface area contributed by atoms with Gasteiger partial charge in [0.15, 0.2) is 6.29 Å². The highest BCUT2D eigenvalue weighted by Gasteiger charge is 2.21. The zero-order chi connectivity index (χ0) is 22.6. The van der Waals surface area contributed by atoms with Crippen LogP contribution in [0.1, 0.15) is 36.7 Å². The van der Waals surface area contributed by atoms with Crippen LogP contribution in [0, 0.1) is 0 Å². The molecule has 0 aliphatic rings. The highest BCUT2D eigenvalue weighted by molar-refractivity contribution is 7.18. The van der Waals surface area contributed by atoms with Crippen LogP contribution < -0.4 is 4.74 Å². The Morgan fingerprint density at radius 1 is 1.06 bits per heavy atom. The first kappa shape index (κ1) is 22.9. The fourth-order valence-corrected chi connectivity index (χ4v) is 4.00. The predicted octanol–water partition coefficient (Wildman–Crippen LogP) is 5.47. The monoisotopic (exact) mass is 441 g/mol. The fourth-order valence-electron chi connectivity index (χ4n) is 3.08. The number of nitrogens with zero attached hydrogens (tertiary/aromatic N) is 1. The summed E-state index contributed by atoms with van der Waals surface area (Å²) in [5, 5.41) is 9.91. The van der Waals surface area contributed by atoms with Gasteiger partial charge in [-0.1, -0.05) is 32.9 Å². The Bertz CT molecular complexity index is 1030. The molecule has 0 aliphatic heterocycles. The van der Waals surface area contributed by atoms with E-state index in [0.717, 1.165) is 32.3 Å². The summed E-state index contributed by atoms with van der Waals surface area (Å²) < 4.78 is 16.4. The Balaban J connectivity index is 1.88. The van der Waals surface area contributed by atoms with Gasteiger partial charge in [0.2, 0.25) is 0 Å². The number of thiazole rings is 1. The SMILES string of the molecule is COC(COc1ccc(-c2cnc(-c3ccc(C(=O)O)cc3)s2)cc1C(C)(C)C)OC. The largest absolute Gasteiger partial charge is 0.488 e. The van der Waals surface area contributed by atoms with Crippen LogP contribution in [0.5, 0.6) is 5.75 Å². The fraction of sp³-hybridized carbons (Fsp3) is 0.333. The molecule has 0 spiro atoms. The minimum atomic E-state index is -0.939. The summed E-state index contributed by atoms with van der Waals surface area (Å²) in [6.07, 6.45) is 1.42. The van der Waals surface area contributed by atoms with Crippen molar-refractivity contribution in [1.29, 1.82) is 0 Å². The molecule has 1 aromatic heterocycles. The second-order valence-electron chi connectivity index (χ2n) is 8.09. The molecule has 0 aliphatic carbocycles. The van der Waals surface area contributed by atoms with Crippen LogP contribution in [0.2, 0.25) is 0 Å². The van der Waals surface area contributed by atoms with Crippen molar-refractivity contribution >= 4 is 17.3 Å². The van der Waals surface area contributed by atoms with Gasteiger partial charge < -0.3 is 19.3 Å². The number of hydrogen-bond acceptors (Lipinski definition) is 6. The Morgan fingerprint density at radius 2 is 1.71 bits per heavy atom. The number of carbonyl (C=O) groups is 1. The molecule has 0 atom stereocenters. The number of hydrogen-bond donors (Lipinski definition) is 1. The van der Waals surface area contributed by atoms with Crippen LogP contribution in [0.3, 0.4) is 0 Å². The van der Waals surface area contributed by atoms with Gasteiger partial charge in [0.05, 0.1) is 10.4 Å². The second-order valence-corrected chi connectivity index (χ2v) is 9.12. The van der Waals surface area contributed by atoms with Crippen molar-refractivity contribution in [3.8, 4) is 26.8 Å². The summed E-state index contributed by atoms with van der Waals surface area (Å²) in [6.45, 7) is 6.73. The summed E-state index contributed by atoms with van der Waals surface area (Å²) in [5.41, 5.74) is 3.16. The van der Waals surface area contributed by atoms with E-state index in [0.29, 0.717) is 6.61 Å². The van der Waals surface area contributed by atoms with Crippen LogP contribution in [-0.2, 0) is 14.9 Å². The van der Waals surface area contributed by atoms with Crippen LogP contribution in [0.15, 0.2) is 48.7 Å². The minimum absolute atomic E-state index is 0.124. The highest BCUT2D eigenvalue weighted by Crippen LogP contribution is 2.38. The first-order chi connectivity index (χ1) is 14.7. The van der Waals surface area contributed by atoms with E-state index in [9.17, 15) is 4.79 Å². The van der Waals surface area contributed by atoms with Crippen molar-refractivity contribution < 1.29 is 24.1 Å². The topological polar surface area (TPSA) is 77.9 Å². The van der Waals surface area contributed by atoms with Crippen LogP contribution in [0.25, 0.3) is 21.0 Å². The van der Waals surface area contributed by atoms with E-state index in [1.165, 1.54) is 0 Å². The Kier molecular flexibility index (Phi) is 7.10. The number of carboxylic acid groups (broad SMARTS) is 1. The van der Waals surface area contributed by atoms with Gasteiger partial charge in [0.25, 0.3) is 0 Å². The number of methoxy groups -OCH3 is 2. The van der Waals surface area contributed by atoms with E-state index >= 15 is 0 Å². The predicted molar refractivity (Wildman–Crippen MR) is 122 cm³/mol. The number of aromatic carboxylic acids is 1. The third-order valence-electron chi connectivity index (χ3n) is 4.86. The van der Waals surface area contributed by atoms with Gasteiger partial charge in [0, 0.05) is 31.5 Å². The van der Waals surface area contributed by atoms with Crippen molar-refractivity contribution in [2.45, 2.75) is 32.5 Å². The maximum atomic E-state index is 11.1. The summed E-state index contributed by atoms with van der Waals surface area (Å²) in [5.74, 6) is -0.143. The lowest BCUT2D eigenvalue weighted by molar-refractivity contribution is -0.122. The number of carboxylic acids is 1. The third kappa shape index (κ3) is 5.50. The molecular formula is C24H27NO5S. The standard InChI is InChI=1S/C24H27NO5S/c1-24(2,3)18-12-17(10-11-19(18)30-14-21(28-4)29-5)20-13-25-22(31-20)15-6-8-16(9-7-15)23(26)27/h6-13,21H,14H2,1-5H3,(H,26,27). The summed E-state index contributed by atoms with van der Waals surface area (Å²) in [7, 11) is 3.17. The molecule has 3 rings (SSSR count). The van der Waals surface area contributed by atoms with Gasteiger partial charge >= 0.3 is 5.97 Å². The maximum Gasteiger partial charge on any atom is 0.335 e. The Hall–Kier alpha value is -2.74. The molecule has 0 radical (unpaired) electrons. The van der Waals surface area contributed by atoms with Gasteiger partial charge in [0.1, 0.15) is 17.4 Å². The smallest absolute Gasteiger partial charge is 0.335 e. The first-order valence-corrected chi connectivity index (χ1v) is 10.7. The van der Waals surface area contributed by atoms with Crippen LogP contribution >= 0.6 is 11.3 Å². The van der Waals surface area contributed by atoms with Gasteiger partial charge in [-0.05, 0) is 41.3 Å². The molecule has 0 saturated heterocycles. The average Bonchev–Trinajstić information content (AvgIpc) is 3.24. The van der Waals surface area contributed by atoms with Crippen LogP contribution in [-0.4, -0.2) is 43.2 Å². The lowest BCUT2D eigenvalue weighted by Gasteiger charge is -2.24. The van der Waals surface area contributed by atoms with E-state index in [1.54, 1.807) is 49.8 Å². The molecule has 2 aromatic carbocycles. The van der Waals surface area contributed by atoms with E-state index in [1.807, 2.05) is 18.3 Å². The molecular weight excluding hydrogens is 414 g/mol. The van der Waals surface area contributed by atoms with E-state index in [4.69, 9.17) is 19.3 Å². The van der Waals surface area contributed by atoms with E-state index in [2.05, 4.69) is 31.8 Å². The van der Waals surface area contributed by atoms with Gasteiger partial charge in [-0.25, -0.2) is 9.78 Å². The Labute approximate surface area is 186 Å². The van der Waals surface area contributed by atoms with Gasteiger partial charge in [-0.15, -0.1) is 11.3 Å². The minimum Gasteiger partial charge on any atom is -0.488 e. The van der Waals surface area contributed by atoms with Crippen molar-refractivity contribution in [2.75, 3.05) is 20.8 Å². The van der Waals surface area contributed by atoms with E-state index in [-0.39, 0.29) is 11.0 Å². The quantitative estimate of drug-likeness (QED) is 0.467.